The lowest BCUT2D eigenvalue weighted by molar-refractivity contribution is 0.102. The monoisotopic (exact) mass is 346 g/mol. The molecule has 3 aromatic rings. The van der Waals surface area contributed by atoms with Crippen molar-refractivity contribution >= 4 is 17.3 Å². The summed E-state index contributed by atoms with van der Waals surface area (Å²) in [5.41, 5.74) is 10.1. The number of ether oxygens (including phenoxy) is 1. The number of carbonyl (C=O) groups is 1. The largest absolute Gasteiger partial charge is 0.495 e. The number of benzene rings is 3. The summed E-state index contributed by atoms with van der Waals surface area (Å²) < 4.78 is 5.16. The molecule has 0 aliphatic heterocycles. The minimum atomic E-state index is -0.194. The first kappa shape index (κ1) is 17.5. The third-order valence-electron chi connectivity index (χ3n) is 4.25. The van der Waals surface area contributed by atoms with E-state index in [1.54, 1.807) is 18.2 Å². The third kappa shape index (κ3) is 4.42. The molecule has 4 nitrogen and oxygen atoms in total. The van der Waals surface area contributed by atoms with Crippen molar-refractivity contribution < 1.29 is 9.53 Å². The molecule has 0 aliphatic carbocycles. The molecule has 0 radical (unpaired) electrons. The highest BCUT2D eigenvalue weighted by Crippen LogP contribution is 2.23. The van der Waals surface area contributed by atoms with E-state index in [4.69, 9.17) is 10.5 Å². The Labute approximate surface area is 153 Å². The maximum absolute atomic E-state index is 12.4. The molecule has 4 heteroatoms. The fourth-order valence-corrected chi connectivity index (χ4v) is 2.74. The van der Waals surface area contributed by atoms with E-state index in [2.05, 4.69) is 29.6 Å². The lowest BCUT2D eigenvalue weighted by Gasteiger charge is -2.09. The Morgan fingerprint density at radius 2 is 1.58 bits per heavy atom. The number of hydrogen-bond donors (Lipinski definition) is 2. The van der Waals surface area contributed by atoms with Crippen LogP contribution < -0.4 is 15.8 Å². The molecule has 3 aromatic carbocycles. The minimum Gasteiger partial charge on any atom is -0.495 e. The normalized spacial score (nSPS) is 10.3. The predicted molar refractivity (Wildman–Crippen MR) is 106 cm³/mol. The Morgan fingerprint density at radius 1 is 0.923 bits per heavy atom. The van der Waals surface area contributed by atoms with Gasteiger partial charge in [-0.05, 0) is 54.3 Å². The van der Waals surface area contributed by atoms with E-state index in [0.29, 0.717) is 17.0 Å². The molecule has 1 amide bonds. The SMILES string of the molecule is COc1cc(C(=O)Nc2ccc(CCc3ccccc3)cc2)ccc1N. The Morgan fingerprint density at radius 3 is 2.23 bits per heavy atom. The van der Waals surface area contributed by atoms with Gasteiger partial charge in [0.05, 0.1) is 12.8 Å². The highest BCUT2D eigenvalue weighted by atomic mass is 16.5. The minimum absolute atomic E-state index is 0.194. The summed E-state index contributed by atoms with van der Waals surface area (Å²) in [6.07, 6.45) is 1.96. The first-order valence-corrected chi connectivity index (χ1v) is 8.53. The number of nitrogens with one attached hydrogen (secondary N) is 1. The van der Waals surface area contributed by atoms with Gasteiger partial charge in [0.2, 0.25) is 0 Å². The van der Waals surface area contributed by atoms with E-state index >= 15 is 0 Å². The zero-order chi connectivity index (χ0) is 18.4. The van der Waals surface area contributed by atoms with E-state index in [0.717, 1.165) is 18.5 Å². The molecule has 0 fully saturated rings. The Hall–Kier alpha value is -3.27. The quantitative estimate of drug-likeness (QED) is 0.654. The van der Waals surface area contributed by atoms with Gasteiger partial charge in [-0.3, -0.25) is 4.79 Å². The topological polar surface area (TPSA) is 64.3 Å². The molecule has 0 atom stereocenters. The second kappa shape index (κ2) is 8.21. The Kier molecular flexibility index (Phi) is 5.54. The molecule has 3 rings (SSSR count). The lowest BCUT2D eigenvalue weighted by atomic mass is 10.0. The first-order valence-electron chi connectivity index (χ1n) is 8.53. The van der Waals surface area contributed by atoms with E-state index in [-0.39, 0.29) is 5.91 Å². The predicted octanol–water partition coefficient (Wildman–Crippen LogP) is 4.31. The molecule has 0 bridgehead atoms. The maximum atomic E-state index is 12.4. The molecule has 0 heterocycles. The lowest BCUT2D eigenvalue weighted by Crippen LogP contribution is -2.12. The van der Waals surface area contributed by atoms with Gasteiger partial charge in [-0.15, -0.1) is 0 Å². The summed E-state index contributed by atoms with van der Waals surface area (Å²) in [4.78, 5) is 12.4. The van der Waals surface area contributed by atoms with Crippen molar-refractivity contribution in [2.45, 2.75) is 12.8 Å². The highest BCUT2D eigenvalue weighted by Gasteiger charge is 2.09. The van der Waals surface area contributed by atoms with Crippen molar-refractivity contribution in [1.82, 2.24) is 0 Å². The van der Waals surface area contributed by atoms with E-state index < -0.39 is 0 Å². The smallest absolute Gasteiger partial charge is 0.255 e. The fraction of sp³-hybridized carbons (Fsp3) is 0.136. The van der Waals surface area contributed by atoms with Gasteiger partial charge in [0.25, 0.3) is 5.91 Å². The second-order valence-corrected chi connectivity index (χ2v) is 6.09. The standard InChI is InChI=1S/C22H22N2O2/c1-26-21-15-18(11-14-20(21)23)22(25)24-19-12-9-17(10-13-19)8-7-16-5-3-2-4-6-16/h2-6,9-15H,7-8,23H2,1H3,(H,24,25). The van der Waals surface area contributed by atoms with Crippen LogP contribution in [0.2, 0.25) is 0 Å². The molecule has 3 N–H and O–H groups in total. The van der Waals surface area contributed by atoms with Crippen LogP contribution in [-0.2, 0) is 12.8 Å². The zero-order valence-electron chi connectivity index (χ0n) is 14.7. The van der Waals surface area contributed by atoms with Crippen LogP contribution in [0.15, 0.2) is 72.8 Å². The number of hydrogen-bond acceptors (Lipinski definition) is 3. The van der Waals surface area contributed by atoms with Gasteiger partial charge in [-0.1, -0.05) is 42.5 Å². The highest BCUT2D eigenvalue weighted by molar-refractivity contribution is 6.04. The number of anilines is 2. The van der Waals surface area contributed by atoms with E-state index in [1.807, 2.05) is 30.3 Å². The van der Waals surface area contributed by atoms with E-state index in [1.165, 1.54) is 18.2 Å². The van der Waals surface area contributed by atoms with Gasteiger partial charge >= 0.3 is 0 Å². The molecular formula is C22H22N2O2. The number of methoxy groups -OCH3 is 1. The van der Waals surface area contributed by atoms with Gasteiger partial charge in [0, 0.05) is 11.3 Å². The summed E-state index contributed by atoms with van der Waals surface area (Å²) in [5.74, 6) is 0.300. The number of nitrogens with two attached hydrogens (primary N) is 1. The molecule has 0 aromatic heterocycles. The summed E-state index contributed by atoms with van der Waals surface area (Å²) in [6, 6.07) is 23.3. The van der Waals surface area contributed by atoms with Crippen molar-refractivity contribution in [3.8, 4) is 5.75 Å². The third-order valence-corrected chi connectivity index (χ3v) is 4.25. The average molecular weight is 346 g/mol. The molecule has 132 valence electrons. The molecule has 0 saturated carbocycles. The van der Waals surface area contributed by atoms with Crippen molar-refractivity contribution in [3.63, 3.8) is 0 Å². The maximum Gasteiger partial charge on any atom is 0.255 e. The van der Waals surface area contributed by atoms with Crippen LogP contribution in [0.3, 0.4) is 0 Å². The second-order valence-electron chi connectivity index (χ2n) is 6.09. The van der Waals surface area contributed by atoms with Crippen molar-refractivity contribution in [1.29, 1.82) is 0 Å². The number of rotatable bonds is 6. The Balaban J connectivity index is 1.61. The zero-order valence-corrected chi connectivity index (χ0v) is 14.7. The van der Waals surface area contributed by atoms with Gasteiger partial charge in [-0.2, -0.15) is 0 Å². The van der Waals surface area contributed by atoms with Crippen LogP contribution in [0, 0.1) is 0 Å². The van der Waals surface area contributed by atoms with Crippen LogP contribution in [0.5, 0.6) is 5.75 Å². The van der Waals surface area contributed by atoms with Gasteiger partial charge in [0.1, 0.15) is 5.75 Å². The van der Waals surface area contributed by atoms with Crippen molar-refractivity contribution in [2.75, 3.05) is 18.2 Å². The van der Waals surface area contributed by atoms with Gasteiger partial charge in [-0.25, -0.2) is 0 Å². The van der Waals surface area contributed by atoms with Gasteiger partial charge in [0.15, 0.2) is 0 Å². The molecule has 0 unspecified atom stereocenters. The average Bonchev–Trinajstić information content (AvgIpc) is 2.68. The molecule has 0 aliphatic rings. The number of aryl methyl sites for hydroxylation is 2. The summed E-state index contributed by atoms with van der Waals surface area (Å²) in [5, 5.41) is 2.89. The molecule has 26 heavy (non-hydrogen) atoms. The number of carbonyl (C=O) groups excluding carboxylic acids is 1. The van der Waals surface area contributed by atoms with Crippen LogP contribution >= 0.6 is 0 Å². The number of nitrogen functional groups attached to an aromatic ring is 1. The summed E-state index contributed by atoms with van der Waals surface area (Å²) in [6.45, 7) is 0. The van der Waals surface area contributed by atoms with Crippen molar-refractivity contribution in [2.24, 2.45) is 0 Å². The Bertz CT molecular complexity index is 874. The molecule has 0 spiro atoms. The molecular weight excluding hydrogens is 324 g/mol. The van der Waals surface area contributed by atoms with Crippen molar-refractivity contribution in [3.05, 3.63) is 89.5 Å². The van der Waals surface area contributed by atoms with Crippen LogP contribution in [0.4, 0.5) is 11.4 Å². The summed E-state index contributed by atoms with van der Waals surface area (Å²) >= 11 is 0. The number of amides is 1. The summed E-state index contributed by atoms with van der Waals surface area (Å²) in [7, 11) is 1.53. The van der Waals surface area contributed by atoms with Crippen LogP contribution in [0.1, 0.15) is 21.5 Å². The van der Waals surface area contributed by atoms with Crippen LogP contribution in [-0.4, -0.2) is 13.0 Å². The first-order chi connectivity index (χ1) is 12.7. The van der Waals surface area contributed by atoms with E-state index in [9.17, 15) is 4.79 Å². The van der Waals surface area contributed by atoms with Gasteiger partial charge < -0.3 is 15.8 Å². The fourth-order valence-electron chi connectivity index (χ4n) is 2.74. The van der Waals surface area contributed by atoms with Crippen LogP contribution in [0.25, 0.3) is 0 Å². The molecule has 0 saturated heterocycles.